The average Bonchev–Trinajstić information content (AvgIpc) is 3.36. The molecule has 16 heteroatoms. The van der Waals surface area contributed by atoms with E-state index in [4.69, 9.17) is 22.9 Å². The zero-order valence-electron chi connectivity index (χ0n) is 20.6. The molecule has 1 aromatic rings. The highest BCUT2D eigenvalue weighted by molar-refractivity contribution is 7.80. The molecule has 1 rings (SSSR count). The first-order valence-corrected chi connectivity index (χ1v) is 12.4. The minimum atomic E-state index is -1.26. The maximum absolute atomic E-state index is 13.0. The number of amides is 3. The lowest BCUT2D eigenvalue weighted by Crippen LogP contribution is -2.57. The van der Waals surface area contributed by atoms with Crippen LogP contribution in [0.15, 0.2) is 17.5 Å². The number of aromatic amines is 1. The molecule has 0 aliphatic rings. The van der Waals surface area contributed by atoms with Gasteiger partial charge in [0.05, 0.1) is 12.4 Å². The lowest BCUT2D eigenvalue weighted by Gasteiger charge is -2.24. The molecule has 15 nitrogen and oxygen atoms in total. The zero-order chi connectivity index (χ0) is 27.8. The molecule has 1 aromatic heterocycles. The van der Waals surface area contributed by atoms with Crippen molar-refractivity contribution in [2.24, 2.45) is 27.9 Å². The van der Waals surface area contributed by atoms with E-state index in [1.165, 1.54) is 12.5 Å². The Kier molecular flexibility index (Phi) is 14.7. The van der Waals surface area contributed by atoms with Crippen molar-refractivity contribution >= 4 is 42.3 Å². The molecule has 0 bridgehead atoms. The van der Waals surface area contributed by atoms with E-state index in [2.05, 4.69) is 43.5 Å². The molecule has 0 radical (unpaired) electrons. The lowest BCUT2D eigenvalue weighted by molar-refractivity contribution is -0.142. The predicted octanol–water partition coefficient (Wildman–Crippen LogP) is -3.07. The van der Waals surface area contributed by atoms with Crippen LogP contribution in [-0.4, -0.2) is 87.7 Å². The van der Waals surface area contributed by atoms with Crippen molar-refractivity contribution in [1.82, 2.24) is 25.9 Å². The standard InChI is InChI=1S/C21H38N10O5S/c22-6-2-1-5-14(29-17(32)13(23)4-3-7-27-21(24)25)18(33)31-16(10-37)19(34)30-15(20(35)36)8-12-9-26-11-28-12/h9,11,13-16,37H,1-8,10,22-23H2,(H,26,28)(H,29,32)(H,30,34)(H,31,33)(H,35,36)(H4,24,25,27). The molecule has 0 aromatic carbocycles. The monoisotopic (exact) mass is 542 g/mol. The highest BCUT2D eigenvalue weighted by Crippen LogP contribution is 2.05. The Hall–Kier alpha value is -3.37. The van der Waals surface area contributed by atoms with E-state index >= 15 is 0 Å². The highest BCUT2D eigenvalue weighted by atomic mass is 32.1. The first-order valence-electron chi connectivity index (χ1n) is 11.8. The van der Waals surface area contributed by atoms with Crippen molar-refractivity contribution in [3.8, 4) is 0 Å². The number of nitrogens with one attached hydrogen (secondary N) is 4. The molecule has 4 unspecified atom stereocenters. The number of aromatic nitrogens is 2. The molecule has 0 fully saturated rings. The van der Waals surface area contributed by atoms with Crippen molar-refractivity contribution in [2.75, 3.05) is 18.8 Å². The van der Waals surface area contributed by atoms with Gasteiger partial charge in [-0.3, -0.25) is 19.4 Å². The molecule has 4 atom stereocenters. The molecule has 1 heterocycles. The molecular formula is C21H38N10O5S. The van der Waals surface area contributed by atoms with Gasteiger partial charge in [0.2, 0.25) is 17.7 Å². The summed E-state index contributed by atoms with van der Waals surface area (Å²) < 4.78 is 0. The Morgan fingerprint density at radius 3 is 2.22 bits per heavy atom. The van der Waals surface area contributed by atoms with Crippen LogP contribution in [-0.2, 0) is 25.6 Å². The fourth-order valence-corrected chi connectivity index (χ4v) is 3.50. The average molecular weight is 543 g/mol. The second kappa shape index (κ2) is 17.1. The van der Waals surface area contributed by atoms with Crippen LogP contribution >= 0.6 is 12.6 Å². The van der Waals surface area contributed by atoms with E-state index < -0.39 is 47.9 Å². The number of carbonyl (C=O) groups excluding carboxylic acids is 3. The van der Waals surface area contributed by atoms with Gasteiger partial charge in [0, 0.05) is 30.6 Å². The van der Waals surface area contributed by atoms with Crippen molar-refractivity contribution in [3.63, 3.8) is 0 Å². The summed E-state index contributed by atoms with van der Waals surface area (Å²) in [5, 5.41) is 17.0. The van der Waals surface area contributed by atoms with Gasteiger partial charge in [-0.25, -0.2) is 9.78 Å². The maximum atomic E-state index is 13.0. The number of thiol groups is 1. The molecule has 0 saturated carbocycles. The topological polar surface area (TPSA) is 270 Å². The number of hydrogen-bond donors (Lipinski definition) is 10. The minimum absolute atomic E-state index is 0.0346. The van der Waals surface area contributed by atoms with Crippen molar-refractivity contribution < 1.29 is 24.3 Å². The van der Waals surface area contributed by atoms with Gasteiger partial charge in [-0.15, -0.1) is 0 Å². The van der Waals surface area contributed by atoms with E-state index in [0.29, 0.717) is 38.0 Å². The first kappa shape index (κ1) is 31.7. The van der Waals surface area contributed by atoms with E-state index in [1.54, 1.807) is 0 Å². The van der Waals surface area contributed by atoms with Crippen molar-refractivity contribution in [1.29, 1.82) is 0 Å². The van der Waals surface area contributed by atoms with Gasteiger partial charge in [-0.1, -0.05) is 0 Å². The predicted molar refractivity (Wildman–Crippen MR) is 140 cm³/mol. The molecular weight excluding hydrogens is 504 g/mol. The fraction of sp³-hybridized carbons (Fsp3) is 0.619. The molecule has 37 heavy (non-hydrogen) atoms. The van der Waals surface area contributed by atoms with Gasteiger partial charge < -0.3 is 49.0 Å². The number of carboxylic acids is 1. The summed E-state index contributed by atoms with van der Waals surface area (Å²) in [4.78, 5) is 60.4. The van der Waals surface area contributed by atoms with Gasteiger partial charge in [0.1, 0.15) is 18.1 Å². The Morgan fingerprint density at radius 2 is 1.65 bits per heavy atom. The Balaban J connectivity index is 2.79. The summed E-state index contributed by atoms with van der Waals surface area (Å²) in [6.07, 6.45) is 4.96. The van der Waals surface area contributed by atoms with Crippen LogP contribution in [0, 0.1) is 0 Å². The lowest BCUT2D eigenvalue weighted by atomic mass is 10.1. The molecule has 13 N–H and O–H groups in total. The number of guanidine groups is 1. The Bertz CT molecular complexity index is 894. The first-order chi connectivity index (χ1) is 17.6. The minimum Gasteiger partial charge on any atom is -0.480 e. The number of aliphatic carboxylic acids is 1. The van der Waals surface area contributed by atoms with E-state index in [9.17, 15) is 24.3 Å². The van der Waals surface area contributed by atoms with Gasteiger partial charge in [-0.05, 0) is 38.6 Å². The quantitative estimate of drug-likeness (QED) is 0.0387. The normalized spacial score (nSPS) is 14.0. The Labute approximate surface area is 220 Å². The summed E-state index contributed by atoms with van der Waals surface area (Å²) in [7, 11) is 0. The molecule has 208 valence electrons. The number of H-pyrrole nitrogens is 1. The fourth-order valence-electron chi connectivity index (χ4n) is 3.25. The zero-order valence-corrected chi connectivity index (χ0v) is 21.5. The Morgan fingerprint density at radius 1 is 1.00 bits per heavy atom. The maximum Gasteiger partial charge on any atom is 0.326 e. The SMILES string of the molecule is NCCCCC(NC(=O)C(N)CCCN=C(N)N)C(=O)NC(CS)C(=O)NC(Cc1cnc[nH]1)C(=O)O. The number of carboxylic acid groups (broad SMARTS) is 1. The van der Waals surface area contributed by atoms with Crippen molar-refractivity contribution in [3.05, 3.63) is 18.2 Å². The van der Waals surface area contributed by atoms with Crippen LogP contribution in [0.25, 0.3) is 0 Å². The summed E-state index contributed by atoms with van der Waals surface area (Å²) in [5.74, 6) is -3.34. The van der Waals surface area contributed by atoms with Crippen LogP contribution in [0.4, 0.5) is 0 Å². The molecule has 0 aliphatic carbocycles. The van der Waals surface area contributed by atoms with Crippen LogP contribution in [0.2, 0.25) is 0 Å². The number of unbranched alkanes of at least 4 members (excludes halogenated alkanes) is 1. The third kappa shape index (κ3) is 12.4. The number of nitrogens with zero attached hydrogens (tertiary/aromatic N) is 2. The third-order valence-electron chi connectivity index (χ3n) is 5.29. The van der Waals surface area contributed by atoms with Crippen LogP contribution < -0.4 is 38.9 Å². The largest absolute Gasteiger partial charge is 0.480 e. The van der Waals surface area contributed by atoms with Gasteiger partial charge in [0.25, 0.3) is 0 Å². The third-order valence-corrected chi connectivity index (χ3v) is 5.66. The summed E-state index contributed by atoms with van der Waals surface area (Å²) in [5.41, 5.74) is 22.5. The second-order valence-electron chi connectivity index (χ2n) is 8.33. The molecule has 0 spiro atoms. The van der Waals surface area contributed by atoms with Crippen molar-refractivity contribution in [2.45, 2.75) is 62.7 Å². The van der Waals surface area contributed by atoms with E-state index in [-0.39, 0.29) is 31.0 Å². The summed E-state index contributed by atoms with van der Waals surface area (Å²) in [6.45, 7) is 0.710. The molecule has 0 saturated heterocycles. The number of imidazole rings is 1. The van der Waals surface area contributed by atoms with Gasteiger partial charge in [-0.2, -0.15) is 12.6 Å². The highest BCUT2D eigenvalue weighted by Gasteiger charge is 2.29. The summed E-state index contributed by atoms with van der Waals surface area (Å²) >= 11 is 4.12. The van der Waals surface area contributed by atoms with E-state index in [1.807, 2.05) is 0 Å². The second-order valence-corrected chi connectivity index (χ2v) is 8.69. The van der Waals surface area contributed by atoms with E-state index in [0.717, 1.165) is 0 Å². The number of aliphatic imine (C=N–C) groups is 1. The smallest absolute Gasteiger partial charge is 0.326 e. The van der Waals surface area contributed by atoms with Gasteiger partial charge >= 0.3 is 5.97 Å². The molecule has 0 aliphatic heterocycles. The number of nitrogens with two attached hydrogens (primary N) is 4. The van der Waals surface area contributed by atoms with Crippen LogP contribution in [0.3, 0.4) is 0 Å². The number of rotatable bonds is 18. The van der Waals surface area contributed by atoms with Gasteiger partial charge in [0.15, 0.2) is 5.96 Å². The van der Waals surface area contributed by atoms with Crippen LogP contribution in [0.1, 0.15) is 37.8 Å². The van der Waals surface area contributed by atoms with Crippen LogP contribution in [0.5, 0.6) is 0 Å². The summed E-state index contributed by atoms with van der Waals surface area (Å²) in [6, 6.07) is -4.30. The molecule has 3 amide bonds. The number of hydrogen-bond acceptors (Lipinski definition) is 9. The number of carbonyl (C=O) groups is 4.